The molecule has 0 atom stereocenters. The maximum atomic E-state index is 12.7. The molecule has 142 valence electrons. The molecule has 5 heteroatoms. The lowest BCUT2D eigenvalue weighted by molar-refractivity contribution is 0.0282. The number of piperidine rings is 2. The molecule has 0 N–H and O–H groups in total. The van der Waals surface area contributed by atoms with Gasteiger partial charge >= 0.3 is 0 Å². The Bertz CT molecular complexity index is 812. The molecular formula is C22H26N2O2S. The predicted molar refractivity (Wildman–Crippen MR) is 108 cm³/mol. The molecule has 0 radical (unpaired) electrons. The van der Waals surface area contributed by atoms with Crippen LogP contribution in [-0.2, 0) is 0 Å². The molecule has 2 aromatic rings. The lowest BCUT2D eigenvalue weighted by Crippen LogP contribution is -2.49. The van der Waals surface area contributed by atoms with Gasteiger partial charge in [-0.05, 0) is 67.2 Å². The van der Waals surface area contributed by atoms with Crippen molar-refractivity contribution in [1.82, 2.24) is 9.80 Å². The molecule has 1 spiro atoms. The van der Waals surface area contributed by atoms with Gasteiger partial charge in [-0.15, -0.1) is 11.3 Å². The summed E-state index contributed by atoms with van der Waals surface area (Å²) in [6, 6.07) is 11.5. The Morgan fingerprint density at radius 2 is 1.44 bits per heavy atom. The third-order valence-electron chi connectivity index (χ3n) is 6.18. The van der Waals surface area contributed by atoms with E-state index in [1.54, 1.807) is 11.3 Å². The number of amides is 2. The van der Waals surface area contributed by atoms with Gasteiger partial charge in [-0.3, -0.25) is 9.59 Å². The number of likely N-dealkylation sites (tertiary alicyclic amines) is 2. The SMILES string of the molecule is Cc1csc(C(=O)N2CCC3(CCN(C(=O)c4ccccc4)CC3)CC2)c1. The molecule has 0 bridgehead atoms. The maximum absolute atomic E-state index is 12.7. The number of hydrogen-bond donors (Lipinski definition) is 0. The largest absolute Gasteiger partial charge is 0.339 e. The molecule has 4 nitrogen and oxygen atoms in total. The second-order valence-corrected chi connectivity index (χ2v) is 8.85. The molecular weight excluding hydrogens is 356 g/mol. The molecule has 3 heterocycles. The van der Waals surface area contributed by atoms with E-state index < -0.39 is 0 Å². The van der Waals surface area contributed by atoms with Gasteiger partial charge in [0.05, 0.1) is 4.88 Å². The van der Waals surface area contributed by atoms with Crippen LogP contribution in [0.2, 0.25) is 0 Å². The van der Waals surface area contributed by atoms with Gasteiger partial charge in [0.1, 0.15) is 0 Å². The first-order valence-corrected chi connectivity index (χ1v) is 10.6. The van der Waals surface area contributed by atoms with Crippen molar-refractivity contribution in [2.24, 2.45) is 5.41 Å². The van der Waals surface area contributed by atoms with Crippen molar-refractivity contribution in [2.45, 2.75) is 32.6 Å². The van der Waals surface area contributed by atoms with Crippen molar-refractivity contribution in [3.05, 3.63) is 57.8 Å². The van der Waals surface area contributed by atoms with Crippen LogP contribution in [0.5, 0.6) is 0 Å². The first kappa shape index (κ1) is 18.2. The number of benzene rings is 1. The average Bonchev–Trinajstić information content (AvgIpc) is 3.15. The summed E-state index contributed by atoms with van der Waals surface area (Å²) < 4.78 is 0. The van der Waals surface area contributed by atoms with Gasteiger partial charge in [0.2, 0.25) is 0 Å². The van der Waals surface area contributed by atoms with Crippen molar-refractivity contribution < 1.29 is 9.59 Å². The number of carbonyl (C=O) groups excluding carboxylic acids is 2. The molecule has 0 aliphatic carbocycles. The van der Waals surface area contributed by atoms with E-state index in [9.17, 15) is 9.59 Å². The Morgan fingerprint density at radius 3 is 1.96 bits per heavy atom. The quantitative estimate of drug-likeness (QED) is 0.780. The minimum Gasteiger partial charge on any atom is -0.339 e. The van der Waals surface area contributed by atoms with Crippen LogP contribution in [0.15, 0.2) is 41.8 Å². The first-order valence-electron chi connectivity index (χ1n) is 9.75. The summed E-state index contributed by atoms with van der Waals surface area (Å²) in [7, 11) is 0. The Balaban J connectivity index is 1.32. The zero-order chi connectivity index (χ0) is 18.9. The summed E-state index contributed by atoms with van der Waals surface area (Å²) in [4.78, 5) is 30.2. The van der Waals surface area contributed by atoms with Crippen molar-refractivity contribution in [3.8, 4) is 0 Å². The second kappa shape index (κ2) is 7.47. The number of carbonyl (C=O) groups is 2. The number of rotatable bonds is 2. The lowest BCUT2D eigenvalue weighted by Gasteiger charge is -2.46. The van der Waals surface area contributed by atoms with Crippen LogP contribution >= 0.6 is 11.3 Å². The second-order valence-electron chi connectivity index (χ2n) is 7.94. The summed E-state index contributed by atoms with van der Waals surface area (Å²) in [5, 5.41) is 2.04. The lowest BCUT2D eigenvalue weighted by atomic mass is 9.71. The van der Waals surface area contributed by atoms with Crippen LogP contribution in [0.3, 0.4) is 0 Å². The van der Waals surface area contributed by atoms with Crippen LogP contribution in [0.1, 0.15) is 51.3 Å². The van der Waals surface area contributed by atoms with E-state index in [4.69, 9.17) is 0 Å². The first-order chi connectivity index (χ1) is 13.1. The molecule has 2 aliphatic rings. The van der Waals surface area contributed by atoms with E-state index in [-0.39, 0.29) is 11.8 Å². The molecule has 2 amide bonds. The van der Waals surface area contributed by atoms with Crippen LogP contribution in [0.25, 0.3) is 0 Å². The molecule has 4 rings (SSSR count). The maximum Gasteiger partial charge on any atom is 0.263 e. The molecule has 1 aromatic heterocycles. The zero-order valence-corrected chi connectivity index (χ0v) is 16.6. The summed E-state index contributed by atoms with van der Waals surface area (Å²) in [6.07, 6.45) is 4.20. The highest BCUT2D eigenvalue weighted by Gasteiger charge is 2.39. The summed E-state index contributed by atoms with van der Waals surface area (Å²) >= 11 is 1.54. The smallest absolute Gasteiger partial charge is 0.263 e. The van der Waals surface area contributed by atoms with Gasteiger partial charge in [-0.2, -0.15) is 0 Å². The summed E-state index contributed by atoms with van der Waals surface area (Å²) in [5.41, 5.74) is 2.24. The normalized spacial score (nSPS) is 19.3. The van der Waals surface area contributed by atoms with Gasteiger partial charge in [-0.1, -0.05) is 18.2 Å². The van der Waals surface area contributed by atoms with Crippen molar-refractivity contribution in [3.63, 3.8) is 0 Å². The average molecular weight is 383 g/mol. The van der Waals surface area contributed by atoms with Crippen molar-refractivity contribution in [2.75, 3.05) is 26.2 Å². The van der Waals surface area contributed by atoms with Crippen LogP contribution in [0.4, 0.5) is 0 Å². The third kappa shape index (κ3) is 3.79. The molecule has 0 unspecified atom stereocenters. The fourth-order valence-electron chi connectivity index (χ4n) is 4.33. The standard InChI is InChI=1S/C22H26N2O2S/c1-17-15-19(27-16-17)21(26)24-13-9-22(10-14-24)7-11-23(12-8-22)20(25)18-5-3-2-4-6-18/h2-6,15-16H,7-14H2,1H3. The minimum atomic E-state index is 0.145. The van der Waals surface area contributed by atoms with Crippen LogP contribution < -0.4 is 0 Å². The fraction of sp³-hybridized carbons (Fsp3) is 0.455. The number of nitrogens with zero attached hydrogens (tertiary/aromatic N) is 2. The van der Waals surface area contributed by atoms with Gasteiger partial charge < -0.3 is 9.80 Å². The Hall–Kier alpha value is -2.14. The highest BCUT2D eigenvalue weighted by molar-refractivity contribution is 7.12. The van der Waals surface area contributed by atoms with E-state index in [1.165, 1.54) is 0 Å². The van der Waals surface area contributed by atoms with Gasteiger partial charge in [0.25, 0.3) is 11.8 Å². The Kier molecular flexibility index (Phi) is 5.04. The van der Waals surface area contributed by atoms with E-state index in [2.05, 4.69) is 0 Å². The third-order valence-corrected chi connectivity index (χ3v) is 7.22. The molecule has 2 aliphatic heterocycles. The van der Waals surface area contributed by atoms with Crippen LogP contribution in [0, 0.1) is 12.3 Å². The summed E-state index contributed by atoms with van der Waals surface area (Å²) in [5.74, 6) is 0.325. The zero-order valence-electron chi connectivity index (χ0n) is 15.8. The van der Waals surface area contributed by atoms with Gasteiger partial charge in [0.15, 0.2) is 0 Å². The van der Waals surface area contributed by atoms with Crippen LogP contribution in [-0.4, -0.2) is 47.8 Å². The topological polar surface area (TPSA) is 40.6 Å². The minimum absolute atomic E-state index is 0.145. The Labute approximate surface area is 164 Å². The highest BCUT2D eigenvalue weighted by Crippen LogP contribution is 2.41. The number of hydrogen-bond acceptors (Lipinski definition) is 3. The summed E-state index contributed by atoms with van der Waals surface area (Å²) in [6.45, 7) is 5.35. The molecule has 1 aromatic carbocycles. The fourth-order valence-corrected chi connectivity index (χ4v) is 5.20. The van der Waals surface area contributed by atoms with E-state index in [1.807, 2.05) is 58.5 Å². The van der Waals surface area contributed by atoms with Gasteiger partial charge in [-0.25, -0.2) is 0 Å². The molecule has 0 saturated carbocycles. The van der Waals surface area contributed by atoms with E-state index >= 15 is 0 Å². The monoisotopic (exact) mass is 382 g/mol. The molecule has 27 heavy (non-hydrogen) atoms. The van der Waals surface area contributed by atoms with Crippen molar-refractivity contribution in [1.29, 1.82) is 0 Å². The van der Waals surface area contributed by atoms with Crippen molar-refractivity contribution >= 4 is 23.2 Å². The number of aryl methyl sites for hydroxylation is 1. The van der Waals surface area contributed by atoms with E-state index in [0.29, 0.717) is 5.41 Å². The predicted octanol–water partition coefficient (Wildman–Crippen LogP) is 4.22. The molecule has 2 fully saturated rings. The van der Waals surface area contributed by atoms with Gasteiger partial charge in [0, 0.05) is 31.7 Å². The highest BCUT2D eigenvalue weighted by atomic mass is 32.1. The number of thiophene rings is 1. The van der Waals surface area contributed by atoms with E-state index in [0.717, 1.165) is 67.9 Å². The Morgan fingerprint density at radius 1 is 0.889 bits per heavy atom. The molecule has 2 saturated heterocycles.